The molecule has 0 fully saturated rings. The summed E-state index contributed by atoms with van der Waals surface area (Å²) in [7, 11) is 0. The molecule has 19 heavy (non-hydrogen) atoms. The van der Waals surface area contributed by atoms with E-state index in [1.807, 2.05) is 12.1 Å². The first-order valence-electron chi connectivity index (χ1n) is 6.74. The molecule has 0 saturated heterocycles. The van der Waals surface area contributed by atoms with Gasteiger partial charge in [0.1, 0.15) is 0 Å². The lowest BCUT2D eigenvalue weighted by Crippen LogP contribution is -2.31. The number of hydrogen-bond donors (Lipinski definition) is 1. The van der Waals surface area contributed by atoms with Gasteiger partial charge in [0.2, 0.25) is 0 Å². The van der Waals surface area contributed by atoms with Gasteiger partial charge in [-0.15, -0.1) is 0 Å². The summed E-state index contributed by atoms with van der Waals surface area (Å²) in [4.78, 5) is 2.33. The molecule has 0 amide bonds. The van der Waals surface area contributed by atoms with Crippen LogP contribution in [0.25, 0.3) is 11.0 Å². The van der Waals surface area contributed by atoms with Crippen molar-refractivity contribution in [2.24, 2.45) is 11.8 Å². The molecule has 0 unspecified atom stereocenters. The highest BCUT2D eigenvalue weighted by molar-refractivity contribution is 5.95. The maximum absolute atomic E-state index is 5.89. The largest absolute Gasteiger partial charge is 0.397 e. The van der Waals surface area contributed by atoms with Crippen molar-refractivity contribution in [1.29, 1.82) is 0 Å². The topological polar surface area (TPSA) is 68.2 Å². The predicted molar refractivity (Wildman–Crippen MR) is 78.1 cm³/mol. The second-order valence-corrected chi connectivity index (χ2v) is 5.83. The van der Waals surface area contributed by atoms with E-state index in [4.69, 9.17) is 10.4 Å². The highest BCUT2D eigenvalue weighted by Gasteiger charge is 2.17. The quantitative estimate of drug-likeness (QED) is 0.839. The minimum atomic E-state index is 0.575. The van der Waals surface area contributed by atoms with Crippen LogP contribution >= 0.6 is 0 Å². The van der Waals surface area contributed by atoms with Gasteiger partial charge in [0.15, 0.2) is 11.0 Å². The van der Waals surface area contributed by atoms with Gasteiger partial charge in [0, 0.05) is 13.1 Å². The van der Waals surface area contributed by atoms with Crippen molar-refractivity contribution < 1.29 is 4.63 Å². The van der Waals surface area contributed by atoms with Crippen molar-refractivity contribution in [2.45, 2.75) is 27.7 Å². The number of aromatic nitrogens is 2. The fraction of sp³-hybridized carbons (Fsp3) is 0.571. The number of nitrogens with two attached hydrogens (primary N) is 1. The minimum Gasteiger partial charge on any atom is -0.397 e. The third-order valence-electron chi connectivity index (χ3n) is 2.94. The van der Waals surface area contributed by atoms with E-state index in [0.29, 0.717) is 23.0 Å². The van der Waals surface area contributed by atoms with Crippen LogP contribution < -0.4 is 10.6 Å². The van der Waals surface area contributed by atoms with Crippen LogP contribution in [0.5, 0.6) is 0 Å². The summed E-state index contributed by atoms with van der Waals surface area (Å²) in [5.74, 6) is 1.15. The van der Waals surface area contributed by atoms with E-state index < -0.39 is 0 Å². The number of hydrogen-bond acceptors (Lipinski definition) is 5. The molecule has 0 bridgehead atoms. The Morgan fingerprint density at radius 1 is 1.05 bits per heavy atom. The number of nitrogen functional groups attached to an aromatic ring is 1. The molecule has 0 aliphatic heterocycles. The molecule has 2 N–H and O–H groups in total. The molecule has 0 radical (unpaired) electrons. The van der Waals surface area contributed by atoms with Crippen LogP contribution in [-0.4, -0.2) is 23.4 Å². The van der Waals surface area contributed by atoms with E-state index >= 15 is 0 Å². The number of fused-ring (bicyclic) bond motifs is 1. The Labute approximate surface area is 113 Å². The van der Waals surface area contributed by atoms with Crippen molar-refractivity contribution in [3.63, 3.8) is 0 Å². The van der Waals surface area contributed by atoms with E-state index in [0.717, 1.165) is 24.3 Å². The molecule has 0 saturated carbocycles. The van der Waals surface area contributed by atoms with Crippen LogP contribution in [0.2, 0.25) is 0 Å². The molecule has 104 valence electrons. The van der Waals surface area contributed by atoms with Crippen molar-refractivity contribution in [1.82, 2.24) is 10.3 Å². The van der Waals surface area contributed by atoms with Gasteiger partial charge in [-0.3, -0.25) is 0 Å². The van der Waals surface area contributed by atoms with Gasteiger partial charge in [-0.1, -0.05) is 27.7 Å². The molecular formula is C14H22N4O. The van der Waals surface area contributed by atoms with E-state index in [-0.39, 0.29) is 0 Å². The maximum Gasteiger partial charge on any atom is 0.160 e. The molecule has 1 aromatic heterocycles. The Morgan fingerprint density at radius 3 is 2.21 bits per heavy atom. The van der Waals surface area contributed by atoms with Crippen LogP contribution in [0.4, 0.5) is 11.4 Å². The molecule has 1 aromatic carbocycles. The molecule has 2 rings (SSSR count). The molecule has 5 nitrogen and oxygen atoms in total. The van der Waals surface area contributed by atoms with Crippen molar-refractivity contribution in [2.75, 3.05) is 23.7 Å². The molecule has 0 spiro atoms. The average molecular weight is 262 g/mol. The van der Waals surface area contributed by atoms with Gasteiger partial charge in [-0.05, 0) is 34.3 Å². The van der Waals surface area contributed by atoms with Crippen LogP contribution in [-0.2, 0) is 0 Å². The Kier molecular flexibility index (Phi) is 3.93. The van der Waals surface area contributed by atoms with Crippen molar-refractivity contribution in [3.05, 3.63) is 12.1 Å². The molecule has 5 heteroatoms. The molecule has 0 aliphatic carbocycles. The van der Waals surface area contributed by atoms with Gasteiger partial charge >= 0.3 is 0 Å². The van der Waals surface area contributed by atoms with Gasteiger partial charge in [-0.25, -0.2) is 4.63 Å². The molecule has 2 aromatic rings. The fourth-order valence-electron chi connectivity index (χ4n) is 2.28. The van der Waals surface area contributed by atoms with E-state index in [1.165, 1.54) is 0 Å². The van der Waals surface area contributed by atoms with Gasteiger partial charge < -0.3 is 10.6 Å². The zero-order chi connectivity index (χ0) is 14.0. The fourth-order valence-corrected chi connectivity index (χ4v) is 2.28. The van der Waals surface area contributed by atoms with Crippen LogP contribution in [0.1, 0.15) is 27.7 Å². The normalized spacial score (nSPS) is 11.7. The van der Waals surface area contributed by atoms with Crippen LogP contribution in [0.15, 0.2) is 16.8 Å². The van der Waals surface area contributed by atoms with E-state index in [9.17, 15) is 0 Å². The van der Waals surface area contributed by atoms with E-state index in [1.54, 1.807) is 0 Å². The summed E-state index contributed by atoms with van der Waals surface area (Å²) >= 11 is 0. The predicted octanol–water partition coefficient (Wildman–Crippen LogP) is 2.92. The Bertz CT molecular complexity index is 537. The molecule has 0 aliphatic rings. The third kappa shape index (κ3) is 2.97. The lowest BCUT2D eigenvalue weighted by Gasteiger charge is -2.28. The monoisotopic (exact) mass is 262 g/mol. The van der Waals surface area contributed by atoms with Crippen LogP contribution in [0.3, 0.4) is 0 Å². The third-order valence-corrected chi connectivity index (χ3v) is 2.94. The smallest absolute Gasteiger partial charge is 0.160 e. The number of anilines is 2. The van der Waals surface area contributed by atoms with Crippen molar-refractivity contribution >= 4 is 22.4 Å². The maximum atomic E-state index is 5.89. The Hall–Kier alpha value is -1.78. The summed E-state index contributed by atoms with van der Waals surface area (Å²) in [6.07, 6.45) is 0. The molecular weight excluding hydrogens is 240 g/mol. The lowest BCUT2D eigenvalue weighted by atomic mass is 10.1. The van der Waals surface area contributed by atoms with Gasteiger partial charge in [0.05, 0.1) is 11.4 Å². The second-order valence-electron chi connectivity index (χ2n) is 5.83. The highest BCUT2D eigenvalue weighted by Crippen LogP contribution is 2.29. The SMILES string of the molecule is CC(C)CN(CC(C)C)c1ccc(N)c2nonc12. The number of nitrogens with zero attached hydrogens (tertiary/aromatic N) is 3. The first kappa shape index (κ1) is 13.6. The summed E-state index contributed by atoms with van der Waals surface area (Å²) in [6.45, 7) is 10.8. The van der Waals surface area contributed by atoms with Crippen molar-refractivity contribution in [3.8, 4) is 0 Å². The standard InChI is InChI=1S/C14H22N4O/c1-9(2)7-18(8-10(3)4)12-6-5-11(15)13-14(12)17-19-16-13/h5-6,9-10H,7-8,15H2,1-4H3. The lowest BCUT2D eigenvalue weighted by molar-refractivity contribution is 0.315. The molecule has 0 atom stereocenters. The summed E-state index contributed by atoms with van der Waals surface area (Å²) in [5, 5.41) is 7.89. The minimum absolute atomic E-state index is 0.575. The zero-order valence-corrected chi connectivity index (χ0v) is 12.1. The Morgan fingerprint density at radius 2 is 1.63 bits per heavy atom. The molecule has 1 heterocycles. The number of benzene rings is 1. The van der Waals surface area contributed by atoms with Gasteiger partial charge in [-0.2, -0.15) is 0 Å². The Balaban J connectivity index is 2.43. The first-order valence-corrected chi connectivity index (χ1v) is 6.74. The van der Waals surface area contributed by atoms with E-state index in [2.05, 4.69) is 42.9 Å². The van der Waals surface area contributed by atoms with Crippen LogP contribution in [0, 0.1) is 11.8 Å². The zero-order valence-electron chi connectivity index (χ0n) is 12.1. The highest BCUT2D eigenvalue weighted by atomic mass is 16.6. The average Bonchev–Trinajstić information content (AvgIpc) is 2.77. The summed E-state index contributed by atoms with van der Waals surface area (Å²) in [6, 6.07) is 3.88. The first-order chi connectivity index (χ1) is 8.99. The summed E-state index contributed by atoms with van der Waals surface area (Å²) in [5.41, 5.74) is 8.95. The summed E-state index contributed by atoms with van der Waals surface area (Å²) < 4.78 is 4.84. The number of rotatable bonds is 5. The second kappa shape index (κ2) is 5.47. The van der Waals surface area contributed by atoms with Gasteiger partial charge in [0.25, 0.3) is 0 Å².